The number of fused-ring (bicyclic) bond motifs is 8. The topological polar surface area (TPSA) is 28.9 Å². The van der Waals surface area contributed by atoms with Crippen molar-refractivity contribution in [3.05, 3.63) is 206 Å². The average molecular weight is 743 g/mol. The predicted molar refractivity (Wildman–Crippen MR) is 241 cm³/mol. The van der Waals surface area contributed by atoms with Crippen LogP contribution < -0.4 is 14.5 Å². The Morgan fingerprint density at radius 1 is 0.293 bits per heavy atom. The van der Waals surface area contributed by atoms with E-state index in [4.69, 9.17) is 9.15 Å². The van der Waals surface area contributed by atoms with E-state index < -0.39 is 0 Å². The number of para-hydroxylation sites is 2. The van der Waals surface area contributed by atoms with Gasteiger partial charge in [0.25, 0.3) is 0 Å². The van der Waals surface area contributed by atoms with Crippen LogP contribution in [0.3, 0.4) is 0 Å². The molecule has 0 saturated carbocycles. The van der Waals surface area contributed by atoms with Gasteiger partial charge in [0.2, 0.25) is 0 Å². The second kappa shape index (κ2) is 12.9. The normalized spacial score (nSPS) is 11.9. The Labute approximate surface area is 335 Å². The average Bonchev–Trinajstić information content (AvgIpc) is 3.65. The first-order valence-electron chi connectivity index (χ1n) is 19.7. The van der Waals surface area contributed by atoms with E-state index in [1.165, 1.54) is 21.5 Å². The van der Waals surface area contributed by atoms with Gasteiger partial charge >= 0.3 is 0 Å². The summed E-state index contributed by atoms with van der Waals surface area (Å²) in [7, 11) is 0. The molecular weight excluding hydrogens is 709 g/mol. The summed E-state index contributed by atoms with van der Waals surface area (Å²) in [4.78, 5) is 4.59. The van der Waals surface area contributed by atoms with Crippen molar-refractivity contribution in [2.24, 2.45) is 0 Å². The summed E-state index contributed by atoms with van der Waals surface area (Å²) in [5, 5.41) is 9.19. The molecule has 58 heavy (non-hydrogen) atoms. The van der Waals surface area contributed by atoms with Gasteiger partial charge in [0, 0.05) is 73.5 Å². The predicted octanol–water partition coefficient (Wildman–Crippen LogP) is 15.8. The van der Waals surface area contributed by atoms with E-state index in [1.54, 1.807) is 0 Å². The Kier molecular flexibility index (Phi) is 7.20. The lowest BCUT2D eigenvalue weighted by Crippen LogP contribution is -2.10. The molecule has 0 saturated heterocycles. The van der Waals surface area contributed by atoms with Crippen LogP contribution in [-0.2, 0) is 0 Å². The molecule has 0 atom stereocenters. The van der Waals surface area contributed by atoms with Crippen molar-refractivity contribution in [2.45, 2.75) is 0 Å². The number of furan rings is 1. The highest BCUT2D eigenvalue weighted by molar-refractivity contribution is 6.24. The van der Waals surface area contributed by atoms with Crippen LogP contribution in [0.15, 0.2) is 211 Å². The number of ether oxygens (including phenoxy) is 1. The molecule has 0 fully saturated rings. The summed E-state index contributed by atoms with van der Waals surface area (Å²) in [6, 6.07) is 73.0. The molecule has 4 heteroatoms. The van der Waals surface area contributed by atoms with Crippen LogP contribution in [0.25, 0.3) is 65.4 Å². The van der Waals surface area contributed by atoms with Crippen molar-refractivity contribution in [3.63, 3.8) is 0 Å². The maximum absolute atomic E-state index is 6.85. The number of benzene rings is 10. The quantitative estimate of drug-likeness (QED) is 0.170. The van der Waals surface area contributed by atoms with Gasteiger partial charge < -0.3 is 19.0 Å². The molecule has 0 radical (unpaired) electrons. The standard InChI is InChI=1S/C54H34N2O2/c1-3-16-39(17-4-1)55(41-24-22-35-12-7-9-14-37(35)30-41)43-26-28-45-48-34-52-53(47-20-11-21-49(54(47)48)57-50(45)32-43)46-29-27-44(33-51(46)58-52)56(40-18-5-2-6-19-40)42-25-23-36-13-8-10-15-38(36)31-42/h1-34H. The van der Waals surface area contributed by atoms with E-state index in [1.807, 2.05) is 0 Å². The zero-order chi connectivity index (χ0) is 38.2. The number of rotatable bonds is 6. The minimum absolute atomic E-state index is 0.811. The Morgan fingerprint density at radius 2 is 0.845 bits per heavy atom. The van der Waals surface area contributed by atoms with Crippen molar-refractivity contribution >= 4 is 88.4 Å². The van der Waals surface area contributed by atoms with Crippen molar-refractivity contribution < 1.29 is 9.15 Å². The van der Waals surface area contributed by atoms with Crippen LogP contribution in [-0.4, -0.2) is 0 Å². The van der Waals surface area contributed by atoms with Gasteiger partial charge in [-0.2, -0.15) is 0 Å². The summed E-state index contributed by atoms with van der Waals surface area (Å²) in [5.41, 5.74) is 10.2. The molecule has 1 aromatic heterocycles. The highest BCUT2D eigenvalue weighted by Gasteiger charge is 2.26. The maximum atomic E-state index is 6.85. The molecule has 1 aliphatic rings. The van der Waals surface area contributed by atoms with Crippen molar-refractivity contribution in [1.82, 2.24) is 0 Å². The number of anilines is 6. The SMILES string of the molecule is c1ccc(N(c2ccc3c(c2)Oc2cccc4c2c-3cc2oc3cc(N(c5ccccc5)c5ccc6ccccc6c5)ccc3c24)c2ccc3ccccc3c2)cc1. The van der Waals surface area contributed by atoms with Crippen LogP contribution >= 0.6 is 0 Å². The first kappa shape index (κ1) is 32.4. The van der Waals surface area contributed by atoms with Gasteiger partial charge in [-0.05, 0) is 112 Å². The van der Waals surface area contributed by atoms with E-state index in [9.17, 15) is 0 Å². The fraction of sp³-hybridized carbons (Fsp3) is 0. The van der Waals surface area contributed by atoms with Gasteiger partial charge in [0.1, 0.15) is 22.7 Å². The van der Waals surface area contributed by atoms with E-state index in [-0.39, 0.29) is 0 Å². The lowest BCUT2D eigenvalue weighted by molar-refractivity contribution is 0.487. The van der Waals surface area contributed by atoms with Gasteiger partial charge in [0.15, 0.2) is 0 Å². The fourth-order valence-corrected chi connectivity index (χ4v) is 8.90. The molecule has 0 bridgehead atoms. The number of hydrogen-bond donors (Lipinski definition) is 0. The smallest absolute Gasteiger partial charge is 0.137 e. The molecule has 0 spiro atoms. The minimum atomic E-state index is 0.811. The van der Waals surface area contributed by atoms with Crippen molar-refractivity contribution in [1.29, 1.82) is 0 Å². The Balaban J connectivity index is 0.999. The van der Waals surface area contributed by atoms with E-state index in [2.05, 4.69) is 216 Å². The first-order valence-corrected chi connectivity index (χ1v) is 19.7. The van der Waals surface area contributed by atoms with Crippen LogP contribution in [0.1, 0.15) is 0 Å². The summed E-state index contributed by atoms with van der Waals surface area (Å²) < 4.78 is 13.7. The zero-order valence-electron chi connectivity index (χ0n) is 31.3. The van der Waals surface area contributed by atoms with Crippen molar-refractivity contribution in [3.8, 4) is 22.6 Å². The van der Waals surface area contributed by atoms with Crippen LogP contribution in [0.4, 0.5) is 34.1 Å². The van der Waals surface area contributed by atoms with Crippen LogP contribution in [0, 0.1) is 0 Å². The monoisotopic (exact) mass is 742 g/mol. The number of hydrogen-bond acceptors (Lipinski definition) is 4. The second-order valence-corrected chi connectivity index (χ2v) is 14.9. The second-order valence-electron chi connectivity index (χ2n) is 14.9. The largest absolute Gasteiger partial charge is 0.456 e. The van der Waals surface area contributed by atoms with Gasteiger partial charge in [-0.1, -0.05) is 109 Å². The van der Waals surface area contributed by atoms with Crippen LogP contribution in [0.5, 0.6) is 11.5 Å². The first-order chi connectivity index (χ1) is 28.7. The maximum Gasteiger partial charge on any atom is 0.137 e. The van der Waals surface area contributed by atoms with Crippen LogP contribution in [0.2, 0.25) is 0 Å². The van der Waals surface area contributed by atoms with E-state index >= 15 is 0 Å². The zero-order valence-corrected chi connectivity index (χ0v) is 31.3. The summed E-state index contributed by atoms with van der Waals surface area (Å²) >= 11 is 0. The third-order valence-electron chi connectivity index (χ3n) is 11.5. The molecule has 10 aromatic carbocycles. The Bertz CT molecular complexity index is 3390. The van der Waals surface area contributed by atoms with E-state index in [0.29, 0.717) is 0 Å². The molecule has 4 nitrogen and oxygen atoms in total. The molecule has 12 rings (SSSR count). The summed E-state index contributed by atoms with van der Waals surface area (Å²) in [6.07, 6.45) is 0. The van der Waals surface area contributed by atoms with Gasteiger partial charge in [-0.15, -0.1) is 0 Å². The summed E-state index contributed by atoms with van der Waals surface area (Å²) in [6.45, 7) is 0. The molecule has 0 unspecified atom stereocenters. The lowest BCUT2D eigenvalue weighted by atomic mass is 9.92. The molecule has 0 aliphatic carbocycles. The molecule has 2 heterocycles. The fourth-order valence-electron chi connectivity index (χ4n) is 8.90. The highest BCUT2D eigenvalue weighted by Crippen LogP contribution is 2.52. The third-order valence-corrected chi connectivity index (χ3v) is 11.5. The molecule has 1 aliphatic heterocycles. The van der Waals surface area contributed by atoms with Gasteiger partial charge in [0.05, 0.1) is 0 Å². The molecule has 0 N–H and O–H groups in total. The Hall–Kier alpha value is -7.82. The van der Waals surface area contributed by atoms with Crippen molar-refractivity contribution in [2.75, 3.05) is 9.80 Å². The molecule has 11 aromatic rings. The molecule has 0 amide bonds. The van der Waals surface area contributed by atoms with Gasteiger partial charge in [-0.3, -0.25) is 0 Å². The summed E-state index contributed by atoms with van der Waals surface area (Å²) in [5.74, 6) is 1.65. The van der Waals surface area contributed by atoms with E-state index in [0.717, 1.165) is 89.5 Å². The third kappa shape index (κ3) is 5.16. The molecular formula is C54H34N2O2. The Morgan fingerprint density at radius 3 is 1.50 bits per heavy atom. The molecule has 272 valence electrons. The highest BCUT2D eigenvalue weighted by atomic mass is 16.5. The minimum Gasteiger partial charge on any atom is -0.456 e. The number of nitrogens with zero attached hydrogens (tertiary/aromatic N) is 2. The lowest BCUT2D eigenvalue weighted by Gasteiger charge is -2.28. The van der Waals surface area contributed by atoms with Gasteiger partial charge in [-0.25, -0.2) is 0 Å².